The van der Waals surface area contributed by atoms with Gasteiger partial charge in [-0.3, -0.25) is 4.90 Å². The van der Waals surface area contributed by atoms with Crippen LogP contribution in [0.3, 0.4) is 0 Å². The first-order chi connectivity index (χ1) is 13.7. The minimum atomic E-state index is 0.558. The largest absolute Gasteiger partial charge is 0.385 e. The van der Waals surface area contributed by atoms with Crippen molar-refractivity contribution in [3.05, 3.63) is 40.8 Å². The van der Waals surface area contributed by atoms with Gasteiger partial charge in [-0.25, -0.2) is 4.99 Å². The number of unbranched alkanes of at least 4 members (excludes halogenated alkanes) is 1. The summed E-state index contributed by atoms with van der Waals surface area (Å²) in [5.74, 6) is 1.12. The Hall–Kier alpha value is -1.89. The van der Waals surface area contributed by atoms with Crippen LogP contribution in [-0.4, -0.2) is 62.1 Å². The van der Waals surface area contributed by atoms with Crippen LogP contribution < -0.4 is 5.32 Å². The summed E-state index contributed by atoms with van der Waals surface area (Å²) in [5, 5.41) is 4.82. The molecule has 1 saturated heterocycles. The molecule has 0 amide bonds. The minimum Gasteiger partial charge on any atom is -0.385 e. The van der Waals surface area contributed by atoms with Crippen LogP contribution in [0.2, 0.25) is 0 Å². The molecule has 2 aromatic rings. The third-order valence-electron chi connectivity index (χ3n) is 5.69. The zero-order valence-corrected chi connectivity index (χ0v) is 17.9. The summed E-state index contributed by atoms with van der Waals surface area (Å²) >= 11 is 1.81. The second-order valence-electron chi connectivity index (χ2n) is 7.75. The van der Waals surface area contributed by atoms with Gasteiger partial charge in [-0.2, -0.15) is 0 Å². The maximum absolute atomic E-state index is 5.21. The zero-order chi connectivity index (χ0) is 19.5. The fourth-order valence-electron chi connectivity index (χ4n) is 4.06. The summed E-state index contributed by atoms with van der Waals surface area (Å²) in [6.45, 7) is 6.14. The summed E-state index contributed by atoms with van der Waals surface area (Å²) < 4.78 is 5.21. The van der Waals surface area contributed by atoms with Crippen LogP contribution in [0.4, 0.5) is 16.4 Å². The fourth-order valence-corrected chi connectivity index (χ4v) is 4.98. The Balaban J connectivity index is 1.60. The molecule has 0 spiro atoms. The van der Waals surface area contributed by atoms with E-state index in [2.05, 4.69) is 59.4 Å². The SMILES string of the molecule is COCCCCC1CN(C2=Nc3ccccc3Nc3sc(C)cc32)CCN1C. The van der Waals surface area contributed by atoms with Crippen molar-refractivity contribution in [2.45, 2.75) is 32.2 Å². The normalized spacial score (nSPS) is 19.5. The highest BCUT2D eigenvalue weighted by Crippen LogP contribution is 2.39. The number of anilines is 2. The standard InChI is InChI=1S/C22H30N4OS/c1-16-14-18-21(23-19-9-4-5-10-20(19)24-22(18)28-16)26-12-11-25(2)17(15-26)8-6-7-13-27-3/h4-5,9-10,14,17,24H,6-8,11-13,15H2,1-3H3. The van der Waals surface area contributed by atoms with E-state index in [1.807, 2.05) is 11.3 Å². The summed E-state index contributed by atoms with van der Waals surface area (Å²) in [7, 11) is 4.04. The Morgan fingerprint density at radius 1 is 1.25 bits per heavy atom. The van der Waals surface area contributed by atoms with E-state index in [1.165, 1.54) is 28.3 Å². The first kappa shape index (κ1) is 19.4. The molecule has 1 unspecified atom stereocenters. The predicted molar refractivity (Wildman–Crippen MR) is 119 cm³/mol. The molecule has 1 N–H and O–H groups in total. The van der Waals surface area contributed by atoms with Gasteiger partial charge < -0.3 is 15.0 Å². The number of amidine groups is 1. The molecular weight excluding hydrogens is 368 g/mol. The summed E-state index contributed by atoms with van der Waals surface area (Å²) in [6.07, 6.45) is 3.54. The number of piperazine rings is 1. The van der Waals surface area contributed by atoms with Crippen LogP contribution in [0.25, 0.3) is 0 Å². The van der Waals surface area contributed by atoms with Gasteiger partial charge in [0.25, 0.3) is 0 Å². The van der Waals surface area contributed by atoms with Crippen molar-refractivity contribution in [3.8, 4) is 0 Å². The van der Waals surface area contributed by atoms with E-state index in [0.717, 1.165) is 49.9 Å². The number of ether oxygens (including phenoxy) is 1. The number of aryl methyl sites for hydroxylation is 1. The van der Waals surface area contributed by atoms with Gasteiger partial charge in [0.05, 0.1) is 16.9 Å². The van der Waals surface area contributed by atoms with Crippen molar-refractivity contribution in [2.75, 3.05) is 45.7 Å². The molecule has 2 aliphatic heterocycles. The molecule has 2 aliphatic rings. The molecule has 1 fully saturated rings. The lowest BCUT2D eigenvalue weighted by Crippen LogP contribution is -2.53. The molecule has 0 radical (unpaired) electrons. The van der Waals surface area contributed by atoms with Gasteiger partial charge in [0, 0.05) is 44.3 Å². The Bertz CT molecular complexity index is 847. The van der Waals surface area contributed by atoms with Crippen LogP contribution in [0.1, 0.15) is 29.7 Å². The lowest BCUT2D eigenvalue weighted by atomic mass is 10.0. The van der Waals surface area contributed by atoms with Gasteiger partial charge in [0.2, 0.25) is 0 Å². The van der Waals surface area contributed by atoms with Crippen molar-refractivity contribution >= 4 is 33.5 Å². The lowest BCUT2D eigenvalue weighted by molar-refractivity contribution is 0.127. The first-order valence-corrected chi connectivity index (χ1v) is 11.0. The number of likely N-dealkylation sites (N-methyl/N-ethyl adjacent to an activating group) is 1. The highest BCUT2D eigenvalue weighted by molar-refractivity contribution is 7.16. The van der Waals surface area contributed by atoms with Crippen LogP contribution >= 0.6 is 11.3 Å². The van der Waals surface area contributed by atoms with E-state index in [-0.39, 0.29) is 0 Å². The number of para-hydroxylation sites is 2. The molecule has 0 bridgehead atoms. The maximum atomic E-state index is 5.21. The average molecular weight is 399 g/mol. The molecule has 3 heterocycles. The van der Waals surface area contributed by atoms with E-state index in [4.69, 9.17) is 9.73 Å². The zero-order valence-electron chi connectivity index (χ0n) is 17.1. The van der Waals surface area contributed by atoms with Crippen molar-refractivity contribution in [3.63, 3.8) is 0 Å². The van der Waals surface area contributed by atoms with Gasteiger partial charge in [0.1, 0.15) is 10.8 Å². The van der Waals surface area contributed by atoms with Crippen molar-refractivity contribution in [2.24, 2.45) is 4.99 Å². The number of rotatable bonds is 5. The third kappa shape index (κ3) is 4.09. The number of nitrogens with zero attached hydrogens (tertiary/aromatic N) is 3. The second kappa shape index (κ2) is 8.64. The molecule has 1 aromatic carbocycles. The maximum Gasteiger partial charge on any atom is 0.139 e. The van der Waals surface area contributed by atoms with Crippen molar-refractivity contribution in [1.82, 2.24) is 9.80 Å². The number of hydrogen-bond acceptors (Lipinski definition) is 6. The van der Waals surface area contributed by atoms with Gasteiger partial charge >= 0.3 is 0 Å². The first-order valence-electron chi connectivity index (χ1n) is 10.2. The fraction of sp³-hybridized carbons (Fsp3) is 0.500. The smallest absolute Gasteiger partial charge is 0.139 e. The number of hydrogen-bond donors (Lipinski definition) is 1. The average Bonchev–Trinajstić information content (AvgIpc) is 2.98. The van der Waals surface area contributed by atoms with Gasteiger partial charge in [-0.15, -0.1) is 11.3 Å². The highest BCUT2D eigenvalue weighted by atomic mass is 32.1. The predicted octanol–water partition coefficient (Wildman–Crippen LogP) is 4.62. The number of nitrogens with one attached hydrogen (secondary N) is 1. The molecule has 1 aromatic heterocycles. The topological polar surface area (TPSA) is 40.1 Å². The third-order valence-corrected chi connectivity index (χ3v) is 6.65. The van der Waals surface area contributed by atoms with Gasteiger partial charge in [0.15, 0.2) is 0 Å². The van der Waals surface area contributed by atoms with E-state index < -0.39 is 0 Å². The Kier molecular flexibility index (Phi) is 5.99. The van der Waals surface area contributed by atoms with Crippen molar-refractivity contribution in [1.29, 1.82) is 0 Å². The molecule has 1 atom stereocenters. The Labute approximate surface area is 172 Å². The summed E-state index contributed by atoms with van der Waals surface area (Å²) in [5.41, 5.74) is 3.35. The monoisotopic (exact) mass is 398 g/mol. The number of methoxy groups -OCH3 is 1. The number of aliphatic imine (C=N–C) groups is 1. The van der Waals surface area contributed by atoms with Gasteiger partial charge in [-0.05, 0) is 51.4 Å². The number of fused-ring (bicyclic) bond motifs is 2. The lowest BCUT2D eigenvalue weighted by Gasteiger charge is -2.41. The summed E-state index contributed by atoms with van der Waals surface area (Å²) in [4.78, 5) is 11.5. The van der Waals surface area contributed by atoms with E-state index in [0.29, 0.717) is 6.04 Å². The second-order valence-corrected chi connectivity index (χ2v) is 9.00. The Morgan fingerprint density at radius 2 is 2.11 bits per heavy atom. The molecule has 28 heavy (non-hydrogen) atoms. The molecule has 0 saturated carbocycles. The van der Waals surface area contributed by atoms with E-state index >= 15 is 0 Å². The van der Waals surface area contributed by atoms with Crippen LogP contribution in [0, 0.1) is 6.92 Å². The number of benzene rings is 1. The van der Waals surface area contributed by atoms with Crippen LogP contribution in [0.15, 0.2) is 35.3 Å². The Morgan fingerprint density at radius 3 is 2.96 bits per heavy atom. The quantitative estimate of drug-likeness (QED) is 0.746. The van der Waals surface area contributed by atoms with Gasteiger partial charge in [-0.1, -0.05) is 12.1 Å². The molecule has 0 aliphatic carbocycles. The molecule has 4 rings (SSSR count). The van der Waals surface area contributed by atoms with Crippen LogP contribution in [-0.2, 0) is 4.74 Å². The van der Waals surface area contributed by atoms with Crippen molar-refractivity contribution < 1.29 is 4.74 Å². The summed E-state index contributed by atoms with van der Waals surface area (Å²) in [6, 6.07) is 11.2. The molecule has 150 valence electrons. The highest BCUT2D eigenvalue weighted by Gasteiger charge is 2.29. The number of thiophene rings is 1. The van der Waals surface area contributed by atoms with Crippen LogP contribution in [0.5, 0.6) is 0 Å². The molecule has 6 heteroatoms. The van der Waals surface area contributed by atoms with E-state index in [1.54, 1.807) is 7.11 Å². The minimum absolute atomic E-state index is 0.558. The molecule has 5 nitrogen and oxygen atoms in total. The van der Waals surface area contributed by atoms with E-state index in [9.17, 15) is 0 Å². The molecular formula is C22H30N4OS.